The summed E-state index contributed by atoms with van der Waals surface area (Å²) in [6.07, 6.45) is 2.71. The highest BCUT2D eigenvalue weighted by Gasteiger charge is 2.13. The molecule has 4 nitrogen and oxygen atoms in total. The monoisotopic (exact) mass is 267 g/mol. The molecule has 0 fully saturated rings. The zero-order valence-electron chi connectivity index (χ0n) is 10.6. The number of hydrogen-bond acceptors (Lipinski definition) is 4. The Labute approximate surface area is 111 Å². The molecule has 98 valence electrons. The van der Waals surface area contributed by atoms with E-state index in [2.05, 4.69) is 10.1 Å². The zero-order valence-corrected chi connectivity index (χ0v) is 11.4. The van der Waals surface area contributed by atoms with Gasteiger partial charge in [0.1, 0.15) is 0 Å². The first kappa shape index (κ1) is 14.6. The lowest BCUT2D eigenvalue weighted by Gasteiger charge is -2.08. The quantitative estimate of drug-likeness (QED) is 0.500. The normalized spacial score (nSPS) is 9.89. The summed E-state index contributed by atoms with van der Waals surface area (Å²) in [4.78, 5) is 23.5. The molecule has 0 unspecified atom stereocenters. The minimum atomic E-state index is -0.823. The minimum Gasteiger partial charge on any atom is -0.459 e. The van der Waals surface area contributed by atoms with Crippen molar-refractivity contribution >= 4 is 23.6 Å². The molecule has 0 saturated heterocycles. The fourth-order valence-electron chi connectivity index (χ4n) is 1.49. The van der Waals surface area contributed by atoms with E-state index in [9.17, 15) is 9.59 Å². The van der Waals surface area contributed by atoms with Crippen LogP contribution >= 0.6 is 11.8 Å². The number of esters is 1. The van der Waals surface area contributed by atoms with E-state index in [0.717, 1.165) is 5.56 Å². The van der Waals surface area contributed by atoms with Crippen molar-refractivity contribution in [3.8, 4) is 0 Å². The molecular weight excluding hydrogens is 250 g/mol. The van der Waals surface area contributed by atoms with Crippen LogP contribution in [-0.4, -0.2) is 31.3 Å². The van der Waals surface area contributed by atoms with Crippen LogP contribution in [0, 0.1) is 0 Å². The molecular formula is C13H17NO3S. The summed E-state index contributed by atoms with van der Waals surface area (Å²) in [5, 5.41) is 2.54. The Balaban J connectivity index is 2.42. The summed E-state index contributed by atoms with van der Waals surface area (Å²) in [6.45, 7) is 2.30. The third-order valence-corrected chi connectivity index (χ3v) is 3.17. The van der Waals surface area contributed by atoms with Gasteiger partial charge in [-0.1, -0.05) is 18.2 Å². The maximum absolute atomic E-state index is 11.3. The molecule has 1 rings (SSSR count). The minimum absolute atomic E-state index is 0.210. The lowest BCUT2D eigenvalue weighted by atomic mass is 10.1. The van der Waals surface area contributed by atoms with E-state index in [1.807, 2.05) is 30.5 Å². The van der Waals surface area contributed by atoms with Crippen LogP contribution < -0.4 is 5.32 Å². The van der Waals surface area contributed by atoms with Crippen molar-refractivity contribution in [2.45, 2.75) is 18.2 Å². The number of carbonyl (C=O) groups excluding carboxylic acids is 2. The van der Waals surface area contributed by atoms with E-state index in [1.165, 1.54) is 4.90 Å². The van der Waals surface area contributed by atoms with Gasteiger partial charge in [0, 0.05) is 11.4 Å². The highest BCUT2D eigenvalue weighted by Crippen LogP contribution is 2.19. The maximum Gasteiger partial charge on any atom is 0.396 e. The molecule has 0 radical (unpaired) electrons. The molecule has 5 heteroatoms. The Morgan fingerprint density at radius 1 is 1.33 bits per heavy atom. The van der Waals surface area contributed by atoms with Crippen LogP contribution in [-0.2, 0) is 20.7 Å². The van der Waals surface area contributed by atoms with E-state index in [-0.39, 0.29) is 6.61 Å². The molecule has 0 aromatic heterocycles. The summed E-state index contributed by atoms with van der Waals surface area (Å²) in [5.74, 6) is -1.51. The van der Waals surface area contributed by atoms with Crippen molar-refractivity contribution in [1.29, 1.82) is 0 Å². The molecule has 0 heterocycles. The van der Waals surface area contributed by atoms with Gasteiger partial charge in [-0.15, -0.1) is 11.8 Å². The number of carbonyl (C=O) groups is 2. The smallest absolute Gasteiger partial charge is 0.396 e. The Bertz CT molecular complexity index is 420. The van der Waals surface area contributed by atoms with Crippen molar-refractivity contribution in [2.24, 2.45) is 0 Å². The Morgan fingerprint density at radius 3 is 2.72 bits per heavy atom. The summed E-state index contributed by atoms with van der Waals surface area (Å²) in [6, 6.07) is 7.99. The van der Waals surface area contributed by atoms with Crippen LogP contribution in [0.4, 0.5) is 0 Å². The number of thioether (sulfide) groups is 1. The molecule has 0 spiro atoms. The van der Waals surface area contributed by atoms with Gasteiger partial charge in [0.05, 0.1) is 6.61 Å². The van der Waals surface area contributed by atoms with Gasteiger partial charge in [0.15, 0.2) is 0 Å². The first-order valence-corrected chi connectivity index (χ1v) is 6.98. The predicted molar refractivity (Wildman–Crippen MR) is 71.6 cm³/mol. The second-order valence-corrected chi connectivity index (χ2v) is 4.39. The van der Waals surface area contributed by atoms with Gasteiger partial charge in [-0.05, 0) is 31.2 Å². The molecule has 18 heavy (non-hydrogen) atoms. The van der Waals surface area contributed by atoms with E-state index >= 15 is 0 Å². The standard InChI is InChI=1S/C13H17NO3S/c1-3-17-13(16)12(15)14-9-8-10-6-4-5-7-11(10)18-2/h4-7H,3,8-9H2,1-2H3,(H,14,15). The summed E-state index contributed by atoms with van der Waals surface area (Å²) < 4.78 is 4.60. The number of benzene rings is 1. The second kappa shape index (κ2) is 7.76. The Hall–Kier alpha value is -1.49. The van der Waals surface area contributed by atoms with E-state index in [0.29, 0.717) is 13.0 Å². The molecule has 0 atom stereocenters. The number of rotatable bonds is 5. The largest absolute Gasteiger partial charge is 0.459 e. The first-order chi connectivity index (χ1) is 8.69. The molecule has 0 bridgehead atoms. The lowest BCUT2D eigenvalue weighted by molar-refractivity contribution is -0.154. The highest BCUT2D eigenvalue weighted by molar-refractivity contribution is 7.98. The SMILES string of the molecule is CCOC(=O)C(=O)NCCc1ccccc1SC. The average Bonchev–Trinajstić information content (AvgIpc) is 2.39. The van der Waals surface area contributed by atoms with Gasteiger partial charge >= 0.3 is 11.9 Å². The van der Waals surface area contributed by atoms with Crippen molar-refractivity contribution < 1.29 is 14.3 Å². The Kier molecular flexibility index (Phi) is 6.28. The zero-order chi connectivity index (χ0) is 13.4. The third kappa shape index (κ3) is 4.41. The van der Waals surface area contributed by atoms with Gasteiger partial charge in [0.2, 0.25) is 0 Å². The molecule has 1 aromatic rings. The van der Waals surface area contributed by atoms with Crippen LogP contribution in [0.3, 0.4) is 0 Å². The Morgan fingerprint density at radius 2 is 2.06 bits per heavy atom. The number of ether oxygens (including phenoxy) is 1. The lowest BCUT2D eigenvalue weighted by Crippen LogP contribution is -2.33. The summed E-state index contributed by atoms with van der Waals surface area (Å²) in [5.41, 5.74) is 1.16. The van der Waals surface area contributed by atoms with Gasteiger partial charge in [-0.25, -0.2) is 4.79 Å². The number of nitrogens with one attached hydrogen (secondary N) is 1. The fraction of sp³-hybridized carbons (Fsp3) is 0.385. The van der Waals surface area contributed by atoms with Crippen LogP contribution in [0.25, 0.3) is 0 Å². The first-order valence-electron chi connectivity index (χ1n) is 5.75. The predicted octanol–water partition coefficient (Wildman–Crippen LogP) is 1.63. The number of amides is 1. The van der Waals surface area contributed by atoms with Crippen LogP contribution in [0.15, 0.2) is 29.2 Å². The second-order valence-electron chi connectivity index (χ2n) is 3.54. The number of hydrogen-bond donors (Lipinski definition) is 1. The van der Waals surface area contributed by atoms with Crippen molar-refractivity contribution in [3.63, 3.8) is 0 Å². The van der Waals surface area contributed by atoms with Crippen LogP contribution in [0.5, 0.6) is 0 Å². The molecule has 0 aliphatic heterocycles. The van der Waals surface area contributed by atoms with E-state index in [4.69, 9.17) is 0 Å². The highest BCUT2D eigenvalue weighted by atomic mass is 32.2. The van der Waals surface area contributed by atoms with Gasteiger partial charge in [-0.3, -0.25) is 4.79 Å². The molecule has 1 N–H and O–H groups in total. The topological polar surface area (TPSA) is 55.4 Å². The fourth-order valence-corrected chi connectivity index (χ4v) is 2.14. The van der Waals surface area contributed by atoms with Crippen molar-refractivity contribution in [1.82, 2.24) is 5.32 Å². The molecule has 0 saturated carbocycles. The molecule has 0 aliphatic carbocycles. The van der Waals surface area contributed by atoms with Crippen molar-refractivity contribution in [3.05, 3.63) is 29.8 Å². The van der Waals surface area contributed by atoms with Crippen molar-refractivity contribution in [2.75, 3.05) is 19.4 Å². The summed E-state index contributed by atoms with van der Waals surface area (Å²) in [7, 11) is 0. The molecule has 1 amide bonds. The van der Waals surface area contributed by atoms with Crippen LogP contribution in [0.1, 0.15) is 12.5 Å². The molecule has 0 aliphatic rings. The third-order valence-electron chi connectivity index (χ3n) is 2.33. The maximum atomic E-state index is 11.3. The van der Waals surface area contributed by atoms with Gasteiger partial charge < -0.3 is 10.1 Å². The molecule has 1 aromatic carbocycles. The van der Waals surface area contributed by atoms with E-state index < -0.39 is 11.9 Å². The van der Waals surface area contributed by atoms with E-state index in [1.54, 1.807) is 18.7 Å². The average molecular weight is 267 g/mol. The summed E-state index contributed by atoms with van der Waals surface area (Å²) >= 11 is 1.66. The van der Waals surface area contributed by atoms with Crippen LogP contribution in [0.2, 0.25) is 0 Å². The van der Waals surface area contributed by atoms with Gasteiger partial charge in [-0.2, -0.15) is 0 Å². The van der Waals surface area contributed by atoms with Gasteiger partial charge in [0.25, 0.3) is 0 Å².